The Morgan fingerprint density at radius 3 is 2.52 bits per heavy atom. The first-order chi connectivity index (χ1) is 16.0. The molecule has 0 saturated carbocycles. The molecule has 3 aromatic carbocycles. The van der Waals surface area contributed by atoms with Gasteiger partial charge in [0.05, 0.1) is 23.7 Å². The second-order valence-corrected chi connectivity index (χ2v) is 8.03. The molecule has 2 N–H and O–H groups in total. The summed E-state index contributed by atoms with van der Waals surface area (Å²) in [5.41, 5.74) is 5.98. The Hall–Kier alpha value is -3.77. The summed E-state index contributed by atoms with van der Waals surface area (Å²) in [6.07, 6.45) is 0.762. The lowest BCUT2D eigenvalue weighted by Crippen LogP contribution is -2.23. The molecule has 0 fully saturated rings. The number of nitrogens with zero attached hydrogens (tertiary/aromatic N) is 2. The van der Waals surface area contributed by atoms with E-state index < -0.39 is 0 Å². The number of rotatable bonds is 8. The Kier molecular flexibility index (Phi) is 6.95. The highest BCUT2D eigenvalue weighted by atomic mass is 19.1. The minimum Gasteiger partial charge on any atom is -0.392 e. The molecule has 33 heavy (non-hydrogen) atoms. The predicted octanol–water partition coefficient (Wildman–Crippen LogP) is 4.73. The van der Waals surface area contributed by atoms with Crippen LogP contribution in [0.4, 0.5) is 4.39 Å². The number of amides is 1. The number of nitrogens with one attached hydrogen (secondary N) is 1. The number of carbonyl (C=O) groups excluding carboxylic acids is 1. The molecule has 5 nitrogen and oxygen atoms in total. The topological polar surface area (TPSA) is 67.2 Å². The highest BCUT2D eigenvalue weighted by molar-refractivity contribution is 5.76. The highest BCUT2D eigenvalue weighted by Crippen LogP contribution is 2.25. The number of hydrogen-bond acceptors (Lipinski definition) is 3. The van der Waals surface area contributed by atoms with Gasteiger partial charge in [-0.3, -0.25) is 4.79 Å². The molecule has 0 saturated heterocycles. The maximum absolute atomic E-state index is 13.9. The molecule has 168 valence electrons. The van der Waals surface area contributed by atoms with E-state index in [9.17, 15) is 14.3 Å². The Labute approximate surface area is 192 Å². The summed E-state index contributed by atoms with van der Waals surface area (Å²) in [4.78, 5) is 12.4. The van der Waals surface area contributed by atoms with Crippen molar-refractivity contribution in [1.82, 2.24) is 15.1 Å². The zero-order valence-corrected chi connectivity index (χ0v) is 18.5. The molecule has 0 atom stereocenters. The van der Waals surface area contributed by atoms with E-state index in [0.717, 1.165) is 33.8 Å². The van der Waals surface area contributed by atoms with E-state index in [1.54, 1.807) is 10.7 Å². The lowest BCUT2D eigenvalue weighted by Gasteiger charge is -2.08. The van der Waals surface area contributed by atoms with Gasteiger partial charge < -0.3 is 10.4 Å². The van der Waals surface area contributed by atoms with Gasteiger partial charge in [0.25, 0.3) is 0 Å². The molecule has 1 heterocycles. The van der Waals surface area contributed by atoms with Gasteiger partial charge in [0.15, 0.2) is 0 Å². The predicted molar refractivity (Wildman–Crippen MR) is 126 cm³/mol. The third-order valence-corrected chi connectivity index (χ3v) is 5.42. The van der Waals surface area contributed by atoms with Gasteiger partial charge in [-0.15, -0.1) is 0 Å². The Bertz CT molecular complexity index is 1250. The molecule has 0 aliphatic heterocycles. The van der Waals surface area contributed by atoms with Crippen molar-refractivity contribution < 1.29 is 14.3 Å². The molecule has 0 radical (unpaired) electrons. The summed E-state index contributed by atoms with van der Waals surface area (Å²) < 4.78 is 15.6. The number of aromatic nitrogens is 2. The SMILES string of the molecule is Cc1cccc(CNC(=O)CCc2cc(-c3cccc(F)c3)n(-c3ccc(CO)cc3)n2)c1. The maximum atomic E-state index is 13.9. The second-order valence-electron chi connectivity index (χ2n) is 8.03. The fourth-order valence-corrected chi connectivity index (χ4v) is 3.70. The van der Waals surface area contributed by atoms with Crippen molar-refractivity contribution in [3.63, 3.8) is 0 Å². The summed E-state index contributed by atoms with van der Waals surface area (Å²) in [5.74, 6) is -0.376. The van der Waals surface area contributed by atoms with Crippen LogP contribution in [0.25, 0.3) is 16.9 Å². The van der Waals surface area contributed by atoms with Gasteiger partial charge in [0.2, 0.25) is 5.91 Å². The molecule has 4 aromatic rings. The van der Waals surface area contributed by atoms with E-state index in [4.69, 9.17) is 5.10 Å². The fourth-order valence-electron chi connectivity index (χ4n) is 3.70. The molecule has 6 heteroatoms. The van der Waals surface area contributed by atoms with E-state index in [0.29, 0.717) is 24.9 Å². The average Bonchev–Trinajstić information content (AvgIpc) is 3.26. The van der Waals surface area contributed by atoms with Crippen molar-refractivity contribution in [3.05, 3.63) is 107 Å². The monoisotopic (exact) mass is 443 g/mol. The van der Waals surface area contributed by atoms with Gasteiger partial charge in [-0.1, -0.05) is 54.1 Å². The maximum Gasteiger partial charge on any atom is 0.220 e. The van der Waals surface area contributed by atoms with Crippen LogP contribution in [0.5, 0.6) is 0 Å². The standard InChI is InChI=1S/C27H26FN3O2/c1-19-4-2-5-21(14-19)17-29-27(33)13-10-24-16-26(22-6-3-7-23(28)15-22)31(30-24)25-11-8-20(18-32)9-12-25/h2-9,11-12,14-16,32H,10,13,17-18H2,1H3,(H,29,33). The van der Waals surface area contributed by atoms with Crippen molar-refractivity contribution in [2.24, 2.45) is 0 Å². The van der Waals surface area contributed by atoms with Crippen LogP contribution >= 0.6 is 0 Å². The summed E-state index contributed by atoms with van der Waals surface area (Å²) >= 11 is 0. The smallest absolute Gasteiger partial charge is 0.220 e. The van der Waals surface area contributed by atoms with Gasteiger partial charge >= 0.3 is 0 Å². The molecule has 0 bridgehead atoms. The number of aryl methyl sites for hydroxylation is 2. The van der Waals surface area contributed by atoms with Crippen molar-refractivity contribution in [2.45, 2.75) is 32.9 Å². The van der Waals surface area contributed by atoms with Gasteiger partial charge in [-0.25, -0.2) is 9.07 Å². The van der Waals surface area contributed by atoms with Crippen LogP contribution in [0.15, 0.2) is 78.9 Å². The number of halogens is 1. The van der Waals surface area contributed by atoms with Crippen LogP contribution in [0.2, 0.25) is 0 Å². The van der Waals surface area contributed by atoms with Crippen LogP contribution in [0.1, 0.15) is 28.8 Å². The van der Waals surface area contributed by atoms with Gasteiger partial charge in [-0.2, -0.15) is 5.10 Å². The molecule has 1 amide bonds. The largest absolute Gasteiger partial charge is 0.392 e. The minimum absolute atomic E-state index is 0.0426. The quantitative estimate of drug-likeness (QED) is 0.414. The van der Waals surface area contributed by atoms with E-state index in [-0.39, 0.29) is 18.3 Å². The summed E-state index contributed by atoms with van der Waals surface area (Å²) in [6.45, 7) is 2.47. The Morgan fingerprint density at radius 2 is 1.79 bits per heavy atom. The number of aliphatic hydroxyl groups excluding tert-OH is 1. The minimum atomic E-state index is -0.326. The molecule has 1 aromatic heterocycles. The molecular formula is C27H26FN3O2. The normalized spacial score (nSPS) is 10.9. The lowest BCUT2D eigenvalue weighted by molar-refractivity contribution is -0.121. The van der Waals surface area contributed by atoms with Gasteiger partial charge in [0, 0.05) is 24.9 Å². The summed E-state index contributed by atoms with van der Waals surface area (Å²) in [7, 11) is 0. The van der Waals surface area contributed by atoms with E-state index in [1.165, 1.54) is 12.1 Å². The number of aliphatic hydroxyl groups is 1. The number of hydrogen-bond donors (Lipinski definition) is 2. The number of benzene rings is 3. The molecule has 0 unspecified atom stereocenters. The van der Waals surface area contributed by atoms with Crippen LogP contribution in [-0.4, -0.2) is 20.8 Å². The fraction of sp³-hybridized carbons (Fsp3) is 0.185. The molecule has 0 aliphatic rings. The van der Waals surface area contributed by atoms with Crippen LogP contribution in [-0.2, 0) is 24.4 Å². The summed E-state index contributed by atoms with van der Waals surface area (Å²) in [6, 6.07) is 23.7. The molecule has 0 aliphatic carbocycles. The first-order valence-corrected chi connectivity index (χ1v) is 10.9. The van der Waals surface area contributed by atoms with Crippen molar-refractivity contribution >= 4 is 5.91 Å². The van der Waals surface area contributed by atoms with E-state index in [2.05, 4.69) is 11.4 Å². The third kappa shape index (κ3) is 5.73. The average molecular weight is 444 g/mol. The highest BCUT2D eigenvalue weighted by Gasteiger charge is 2.14. The lowest BCUT2D eigenvalue weighted by atomic mass is 10.1. The zero-order chi connectivity index (χ0) is 23.2. The van der Waals surface area contributed by atoms with Crippen molar-refractivity contribution in [1.29, 1.82) is 0 Å². The first kappa shape index (κ1) is 22.4. The van der Waals surface area contributed by atoms with E-state index >= 15 is 0 Å². The van der Waals surface area contributed by atoms with Crippen molar-refractivity contribution in [3.8, 4) is 16.9 Å². The third-order valence-electron chi connectivity index (χ3n) is 5.42. The van der Waals surface area contributed by atoms with Crippen LogP contribution < -0.4 is 5.32 Å². The zero-order valence-electron chi connectivity index (χ0n) is 18.5. The van der Waals surface area contributed by atoms with Gasteiger partial charge in [-0.05, 0) is 48.4 Å². The number of carbonyl (C=O) groups is 1. The van der Waals surface area contributed by atoms with Crippen LogP contribution in [0, 0.1) is 12.7 Å². The van der Waals surface area contributed by atoms with E-state index in [1.807, 2.05) is 61.5 Å². The second kappa shape index (κ2) is 10.2. The first-order valence-electron chi connectivity index (χ1n) is 10.9. The molecule has 4 rings (SSSR count). The van der Waals surface area contributed by atoms with Gasteiger partial charge in [0.1, 0.15) is 5.82 Å². The molecule has 0 spiro atoms. The van der Waals surface area contributed by atoms with Crippen LogP contribution in [0.3, 0.4) is 0 Å². The van der Waals surface area contributed by atoms with Crippen molar-refractivity contribution in [2.75, 3.05) is 0 Å². The Morgan fingerprint density at radius 1 is 1.00 bits per heavy atom. The Balaban J connectivity index is 1.51. The summed E-state index contributed by atoms with van der Waals surface area (Å²) in [5, 5.41) is 17.0. The molecular weight excluding hydrogens is 417 g/mol.